The molecule has 1 amide bonds. The fraction of sp³-hybridized carbons (Fsp3) is 0.526. The molecule has 1 aliphatic carbocycles. The monoisotopic (exact) mass is 311 g/mol. The second kappa shape index (κ2) is 5.38. The first-order valence-corrected chi connectivity index (χ1v) is 8.73. The molecule has 0 radical (unpaired) electrons. The van der Waals surface area contributed by atoms with Gasteiger partial charge in [0, 0.05) is 29.7 Å². The molecule has 0 saturated carbocycles. The first-order chi connectivity index (χ1) is 11.1. The lowest BCUT2D eigenvalue weighted by atomic mass is 9.89. The predicted octanol–water partition coefficient (Wildman–Crippen LogP) is 2.94. The summed E-state index contributed by atoms with van der Waals surface area (Å²) in [6.45, 7) is 6.75. The first-order valence-electron chi connectivity index (χ1n) is 8.73. The van der Waals surface area contributed by atoms with E-state index in [-0.39, 0.29) is 5.91 Å². The second-order valence-corrected chi connectivity index (χ2v) is 7.29. The summed E-state index contributed by atoms with van der Waals surface area (Å²) in [5.41, 5.74) is 11.2. The lowest BCUT2D eigenvalue weighted by Crippen LogP contribution is -2.43. The van der Waals surface area contributed by atoms with Crippen molar-refractivity contribution in [2.24, 2.45) is 5.73 Å². The highest BCUT2D eigenvalue weighted by molar-refractivity contribution is 5.87. The molecular formula is C19H25N3O. The van der Waals surface area contributed by atoms with Gasteiger partial charge in [-0.05, 0) is 48.4 Å². The van der Waals surface area contributed by atoms with Crippen molar-refractivity contribution in [1.29, 1.82) is 0 Å². The minimum absolute atomic E-state index is 0.219. The van der Waals surface area contributed by atoms with E-state index in [1.807, 2.05) is 0 Å². The molecule has 0 fully saturated rings. The fourth-order valence-corrected chi connectivity index (χ4v) is 4.44. The highest BCUT2D eigenvalue weighted by atomic mass is 16.1. The van der Waals surface area contributed by atoms with Crippen LogP contribution in [0.4, 0.5) is 0 Å². The van der Waals surface area contributed by atoms with E-state index in [4.69, 9.17) is 5.73 Å². The van der Waals surface area contributed by atoms with Crippen LogP contribution in [0.2, 0.25) is 0 Å². The summed E-state index contributed by atoms with van der Waals surface area (Å²) in [6.07, 6.45) is 3.48. The number of nitrogens with two attached hydrogens (primary N) is 1. The molecule has 4 heteroatoms. The number of nitrogens with zero attached hydrogens (tertiary/aromatic N) is 2. The fourth-order valence-electron chi connectivity index (χ4n) is 4.44. The van der Waals surface area contributed by atoms with E-state index in [0.29, 0.717) is 18.5 Å². The maximum atomic E-state index is 11.4. The Kier molecular flexibility index (Phi) is 3.45. The van der Waals surface area contributed by atoms with Crippen molar-refractivity contribution in [2.75, 3.05) is 13.1 Å². The largest absolute Gasteiger partial charge is 0.369 e. The van der Waals surface area contributed by atoms with Crippen LogP contribution in [0.3, 0.4) is 0 Å². The van der Waals surface area contributed by atoms with Crippen molar-refractivity contribution < 1.29 is 4.79 Å². The van der Waals surface area contributed by atoms with Crippen molar-refractivity contribution in [3.05, 3.63) is 35.0 Å². The highest BCUT2D eigenvalue weighted by Crippen LogP contribution is 2.42. The van der Waals surface area contributed by atoms with Gasteiger partial charge >= 0.3 is 0 Å². The number of carbonyl (C=O) groups excluding carboxylic acids is 1. The molecule has 0 saturated heterocycles. The summed E-state index contributed by atoms with van der Waals surface area (Å²) in [5.74, 6) is 0.332. The number of rotatable bonds is 3. The lowest BCUT2D eigenvalue weighted by Gasteiger charge is -2.39. The maximum Gasteiger partial charge on any atom is 0.231 e. The molecule has 1 aliphatic heterocycles. The van der Waals surface area contributed by atoms with E-state index in [1.54, 1.807) is 0 Å². The van der Waals surface area contributed by atoms with E-state index in [0.717, 1.165) is 25.9 Å². The van der Waals surface area contributed by atoms with Crippen LogP contribution in [0.5, 0.6) is 0 Å². The number of hydrogen-bond donors (Lipinski definition) is 1. The molecule has 4 nitrogen and oxygen atoms in total. The number of aromatic nitrogens is 1. The molecule has 4 rings (SSSR count). The van der Waals surface area contributed by atoms with Crippen molar-refractivity contribution in [3.8, 4) is 0 Å². The maximum absolute atomic E-state index is 11.4. The van der Waals surface area contributed by atoms with Gasteiger partial charge in [0.25, 0.3) is 0 Å². The van der Waals surface area contributed by atoms with Gasteiger partial charge in [-0.1, -0.05) is 19.9 Å². The van der Waals surface area contributed by atoms with Crippen LogP contribution in [0.15, 0.2) is 18.2 Å². The van der Waals surface area contributed by atoms with Crippen molar-refractivity contribution in [2.45, 2.75) is 51.6 Å². The van der Waals surface area contributed by atoms with Gasteiger partial charge in [0.2, 0.25) is 5.91 Å². The molecule has 0 unspecified atom stereocenters. The first kappa shape index (κ1) is 14.8. The average Bonchev–Trinajstić information content (AvgIpc) is 2.85. The normalized spacial score (nSPS) is 20.9. The Bertz CT molecular complexity index is 775. The van der Waals surface area contributed by atoms with Gasteiger partial charge in [-0.2, -0.15) is 0 Å². The van der Waals surface area contributed by atoms with E-state index < -0.39 is 0 Å². The van der Waals surface area contributed by atoms with Crippen LogP contribution < -0.4 is 5.73 Å². The summed E-state index contributed by atoms with van der Waals surface area (Å²) in [7, 11) is 0. The Morgan fingerprint density at radius 3 is 2.91 bits per heavy atom. The smallest absolute Gasteiger partial charge is 0.231 e. The topological polar surface area (TPSA) is 51.3 Å². The Labute approximate surface area is 137 Å². The standard InChI is InChI=1S/C19H25N3O/c1-12(2)13-6-7-16-15(10-13)14-4-3-5-17-19(14)22(16)9-8-21(17)11-18(20)23/h6-7,10,12,17H,3-5,8-9,11H2,1-2H3,(H2,20,23)/t17-/m0/s1. The van der Waals surface area contributed by atoms with Gasteiger partial charge in [0.05, 0.1) is 12.6 Å². The Balaban J connectivity index is 1.87. The van der Waals surface area contributed by atoms with Crippen molar-refractivity contribution in [1.82, 2.24) is 9.47 Å². The second-order valence-electron chi connectivity index (χ2n) is 7.29. The number of fused-ring (bicyclic) bond motifs is 3. The summed E-state index contributed by atoms with van der Waals surface area (Å²) >= 11 is 0. The van der Waals surface area contributed by atoms with Crippen LogP contribution >= 0.6 is 0 Å². The SMILES string of the molecule is CC(C)c1ccc2c(c1)c1c3n2CCN(CC(N)=O)[C@H]3CCC1. The van der Waals surface area contributed by atoms with Gasteiger partial charge in [-0.3, -0.25) is 9.69 Å². The molecule has 23 heavy (non-hydrogen) atoms. The zero-order chi connectivity index (χ0) is 16.1. The van der Waals surface area contributed by atoms with Crippen molar-refractivity contribution >= 4 is 16.8 Å². The molecule has 1 aromatic heterocycles. The van der Waals surface area contributed by atoms with Crippen LogP contribution in [0.1, 0.15) is 55.5 Å². The molecule has 2 heterocycles. The van der Waals surface area contributed by atoms with Gasteiger partial charge in [0.1, 0.15) is 0 Å². The molecule has 1 atom stereocenters. The molecule has 0 spiro atoms. The number of amides is 1. The van der Waals surface area contributed by atoms with Gasteiger partial charge in [-0.25, -0.2) is 0 Å². The lowest BCUT2D eigenvalue weighted by molar-refractivity contribution is -0.120. The third-order valence-electron chi connectivity index (χ3n) is 5.53. The Morgan fingerprint density at radius 2 is 2.17 bits per heavy atom. The minimum atomic E-state index is -0.219. The Morgan fingerprint density at radius 1 is 1.35 bits per heavy atom. The van der Waals surface area contributed by atoms with Crippen LogP contribution in [-0.4, -0.2) is 28.5 Å². The molecule has 2 N–H and O–H groups in total. The molecule has 2 aliphatic rings. The molecule has 122 valence electrons. The minimum Gasteiger partial charge on any atom is -0.369 e. The van der Waals surface area contributed by atoms with Gasteiger partial charge < -0.3 is 10.3 Å². The molecular weight excluding hydrogens is 286 g/mol. The van der Waals surface area contributed by atoms with Crippen LogP contribution in [0.25, 0.3) is 10.9 Å². The van der Waals surface area contributed by atoms with E-state index in [9.17, 15) is 4.79 Å². The summed E-state index contributed by atoms with van der Waals surface area (Å²) < 4.78 is 2.50. The molecule has 0 bridgehead atoms. The van der Waals surface area contributed by atoms with Crippen molar-refractivity contribution in [3.63, 3.8) is 0 Å². The van der Waals surface area contributed by atoms with E-state index in [2.05, 4.69) is 41.5 Å². The molecule has 2 aromatic rings. The van der Waals surface area contributed by atoms with Gasteiger partial charge in [-0.15, -0.1) is 0 Å². The summed E-state index contributed by atoms with van der Waals surface area (Å²) in [4.78, 5) is 13.7. The summed E-state index contributed by atoms with van der Waals surface area (Å²) in [5, 5.41) is 1.43. The quantitative estimate of drug-likeness (QED) is 0.947. The third-order valence-corrected chi connectivity index (χ3v) is 5.53. The Hall–Kier alpha value is -1.81. The average molecular weight is 311 g/mol. The highest BCUT2D eigenvalue weighted by Gasteiger charge is 2.35. The van der Waals surface area contributed by atoms with Crippen LogP contribution in [0, 0.1) is 0 Å². The predicted molar refractivity (Wildman–Crippen MR) is 92.5 cm³/mol. The van der Waals surface area contributed by atoms with E-state index >= 15 is 0 Å². The number of benzene rings is 1. The third kappa shape index (κ3) is 2.27. The van der Waals surface area contributed by atoms with Gasteiger partial charge in [0.15, 0.2) is 0 Å². The van der Waals surface area contributed by atoms with E-state index in [1.165, 1.54) is 34.1 Å². The van der Waals surface area contributed by atoms with Crippen LogP contribution in [-0.2, 0) is 17.8 Å². The number of primary amides is 1. The zero-order valence-corrected chi connectivity index (χ0v) is 14.0. The zero-order valence-electron chi connectivity index (χ0n) is 14.0. The summed E-state index contributed by atoms with van der Waals surface area (Å²) in [6, 6.07) is 7.31. The molecule has 1 aromatic carbocycles. The number of hydrogen-bond acceptors (Lipinski definition) is 2. The number of carbonyl (C=O) groups is 1. The number of aryl methyl sites for hydroxylation is 1.